The molecule has 15 heavy (non-hydrogen) atoms. The summed E-state index contributed by atoms with van der Waals surface area (Å²) in [5.41, 5.74) is 0.752. The first-order valence-corrected chi connectivity index (χ1v) is 5.01. The Morgan fingerprint density at radius 1 is 1.60 bits per heavy atom. The summed E-state index contributed by atoms with van der Waals surface area (Å²) in [6.07, 6.45) is 0.945. The number of aromatic nitrogens is 2. The number of fused-ring (bicyclic) bond motifs is 1. The second kappa shape index (κ2) is 2.98. The summed E-state index contributed by atoms with van der Waals surface area (Å²) in [5, 5.41) is 16.5. The molecule has 5 heteroatoms. The average Bonchev–Trinajstić information content (AvgIpc) is 2.42. The lowest BCUT2D eigenvalue weighted by molar-refractivity contribution is 0.0697. The fourth-order valence-electron chi connectivity index (χ4n) is 1.98. The van der Waals surface area contributed by atoms with Crippen molar-refractivity contribution in [2.75, 3.05) is 11.9 Å². The van der Waals surface area contributed by atoms with Crippen LogP contribution in [0.3, 0.4) is 0 Å². The lowest BCUT2D eigenvalue weighted by atomic mass is 9.99. The second-order valence-electron chi connectivity index (χ2n) is 4.52. The number of carboxylic acids is 1. The van der Waals surface area contributed by atoms with Crippen LogP contribution in [0.15, 0.2) is 0 Å². The molecule has 2 N–H and O–H groups in total. The number of carboxylic acid groups (broad SMARTS) is 1. The molecule has 0 amide bonds. The van der Waals surface area contributed by atoms with E-state index in [-0.39, 0.29) is 5.54 Å². The number of anilines is 1. The van der Waals surface area contributed by atoms with E-state index in [0.29, 0.717) is 17.1 Å². The Morgan fingerprint density at radius 3 is 2.87 bits per heavy atom. The second-order valence-corrected chi connectivity index (χ2v) is 4.52. The summed E-state index contributed by atoms with van der Waals surface area (Å²) in [6.45, 7) is 6.65. The zero-order valence-electron chi connectivity index (χ0n) is 9.16. The standard InChI is InChI=1S/C10H15N3O2/c1-6-7(9(14)15)8-11-5-4-10(2,3)13(8)12-6/h11H,4-5H2,1-3H3,(H,14,15). The minimum Gasteiger partial charge on any atom is -0.477 e. The third-order valence-electron chi connectivity index (χ3n) is 2.88. The van der Waals surface area contributed by atoms with Gasteiger partial charge in [0.15, 0.2) is 0 Å². The van der Waals surface area contributed by atoms with Gasteiger partial charge in [0.1, 0.15) is 11.4 Å². The quantitative estimate of drug-likeness (QED) is 0.734. The topological polar surface area (TPSA) is 67.2 Å². The lowest BCUT2D eigenvalue weighted by Crippen LogP contribution is -2.36. The van der Waals surface area contributed by atoms with E-state index in [1.165, 1.54) is 0 Å². The minimum atomic E-state index is -0.918. The van der Waals surface area contributed by atoms with Crippen molar-refractivity contribution in [1.29, 1.82) is 0 Å². The van der Waals surface area contributed by atoms with Crippen molar-refractivity contribution in [1.82, 2.24) is 9.78 Å². The molecule has 0 saturated carbocycles. The Hall–Kier alpha value is -1.52. The summed E-state index contributed by atoms with van der Waals surface area (Å²) in [6, 6.07) is 0. The summed E-state index contributed by atoms with van der Waals surface area (Å²) in [7, 11) is 0. The van der Waals surface area contributed by atoms with E-state index in [1.54, 1.807) is 11.6 Å². The first-order valence-electron chi connectivity index (χ1n) is 5.01. The van der Waals surface area contributed by atoms with Crippen LogP contribution >= 0.6 is 0 Å². The molecule has 82 valence electrons. The molecule has 0 aliphatic carbocycles. The van der Waals surface area contributed by atoms with E-state index in [4.69, 9.17) is 5.11 Å². The molecule has 1 aromatic rings. The highest BCUT2D eigenvalue weighted by Crippen LogP contribution is 2.32. The van der Waals surface area contributed by atoms with E-state index in [0.717, 1.165) is 13.0 Å². The van der Waals surface area contributed by atoms with Crippen LogP contribution in [0.2, 0.25) is 0 Å². The molecule has 0 radical (unpaired) electrons. The van der Waals surface area contributed by atoms with Crippen LogP contribution in [0.4, 0.5) is 5.82 Å². The summed E-state index contributed by atoms with van der Waals surface area (Å²) in [5.74, 6) is -0.282. The van der Waals surface area contributed by atoms with Gasteiger partial charge in [-0.05, 0) is 27.2 Å². The Balaban J connectivity index is 2.63. The highest BCUT2D eigenvalue weighted by Gasteiger charge is 2.32. The lowest BCUT2D eigenvalue weighted by Gasteiger charge is -2.32. The van der Waals surface area contributed by atoms with Gasteiger partial charge in [0.25, 0.3) is 0 Å². The van der Waals surface area contributed by atoms with Crippen molar-refractivity contribution in [2.45, 2.75) is 32.7 Å². The van der Waals surface area contributed by atoms with Crippen LogP contribution in [0, 0.1) is 6.92 Å². The number of hydrogen-bond acceptors (Lipinski definition) is 3. The Morgan fingerprint density at radius 2 is 2.27 bits per heavy atom. The van der Waals surface area contributed by atoms with Gasteiger partial charge in [-0.1, -0.05) is 0 Å². The van der Waals surface area contributed by atoms with Gasteiger partial charge in [0, 0.05) is 6.54 Å². The first-order chi connectivity index (χ1) is 6.93. The molecule has 1 aliphatic rings. The zero-order chi connectivity index (χ0) is 11.2. The normalized spacial score (nSPS) is 18.1. The van der Waals surface area contributed by atoms with Crippen LogP contribution in [0.1, 0.15) is 36.3 Å². The first kappa shape index (κ1) is 10.0. The largest absolute Gasteiger partial charge is 0.477 e. The van der Waals surface area contributed by atoms with Gasteiger partial charge in [0.05, 0.1) is 11.2 Å². The highest BCUT2D eigenvalue weighted by molar-refractivity contribution is 5.94. The number of aromatic carboxylic acids is 1. The molecule has 0 saturated heterocycles. The Bertz CT molecular complexity index is 421. The van der Waals surface area contributed by atoms with E-state index in [9.17, 15) is 4.79 Å². The predicted molar refractivity (Wildman–Crippen MR) is 56.4 cm³/mol. The molecular weight excluding hydrogens is 194 g/mol. The number of rotatable bonds is 1. The molecule has 0 spiro atoms. The maximum atomic E-state index is 11.1. The van der Waals surface area contributed by atoms with Crippen LogP contribution in [-0.4, -0.2) is 27.4 Å². The molecule has 0 atom stereocenters. The van der Waals surface area contributed by atoms with Crippen LogP contribution < -0.4 is 5.32 Å². The molecule has 0 fully saturated rings. The molecule has 0 bridgehead atoms. The number of nitrogens with one attached hydrogen (secondary N) is 1. The van der Waals surface area contributed by atoms with Gasteiger partial charge >= 0.3 is 5.97 Å². The molecule has 1 aromatic heterocycles. The number of carbonyl (C=O) groups is 1. The molecule has 2 rings (SSSR count). The van der Waals surface area contributed by atoms with E-state index in [1.807, 2.05) is 0 Å². The van der Waals surface area contributed by atoms with Gasteiger partial charge in [0.2, 0.25) is 0 Å². The summed E-state index contributed by atoms with van der Waals surface area (Å²) < 4.78 is 1.79. The minimum absolute atomic E-state index is 0.112. The van der Waals surface area contributed by atoms with Crippen LogP contribution in [0.5, 0.6) is 0 Å². The maximum absolute atomic E-state index is 11.1. The van der Waals surface area contributed by atoms with Crippen molar-refractivity contribution in [3.05, 3.63) is 11.3 Å². The molecular formula is C10H15N3O2. The third kappa shape index (κ3) is 1.38. The van der Waals surface area contributed by atoms with Gasteiger partial charge in [-0.2, -0.15) is 5.10 Å². The molecule has 0 unspecified atom stereocenters. The Labute approximate surface area is 88.1 Å². The fraction of sp³-hybridized carbons (Fsp3) is 0.600. The number of hydrogen-bond donors (Lipinski definition) is 2. The van der Waals surface area contributed by atoms with E-state index in [2.05, 4.69) is 24.3 Å². The van der Waals surface area contributed by atoms with E-state index < -0.39 is 5.97 Å². The predicted octanol–water partition coefficient (Wildman–Crippen LogP) is 1.44. The van der Waals surface area contributed by atoms with Crippen LogP contribution in [0.25, 0.3) is 0 Å². The molecule has 5 nitrogen and oxygen atoms in total. The van der Waals surface area contributed by atoms with Crippen molar-refractivity contribution in [3.63, 3.8) is 0 Å². The Kier molecular flexibility index (Phi) is 1.99. The molecule has 1 aliphatic heterocycles. The van der Waals surface area contributed by atoms with Crippen molar-refractivity contribution >= 4 is 11.8 Å². The van der Waals surface area contributed by atoms with E-state index >= 15 is 0 Å². The third-order valence-corrected chi connectivity index (χ3v) is 2.88. The van der Waals surface area contributed by atoms with Crippen molar-refractivity contribution in [2.24, 2.45) is 0 Å². The monoisotopic (exact) mass is 209 g/mol. The van der Waals surface area contributed by atoms with Crippen molar-refractivity contribution in [3.8, 4) is 0 Å². The highest BCUT2D eigenvalue weighted by atomic mass is 16.4. The fourth-order valence-corrected chi connectivity index (χ4v) is 1.98. The average molecular weight is 209 g/mol. The van der Waals surface area contributed by atoms with Gasteiger partial charge < -0.3 is 10.4 Å². The van der Waals surface area contributed by atoms with Crippen LogP contribution in [-0.2, 0) is 5.54 Å². The van der Waals surface area contributed by atoms with Gasteiger partial charge in [-0.15, -0.1) is 0 Å². The van der Waals surface area contributed by atoms with Gasteiger partial charge in [-0.25, -0.2) is 9.48 Å². The smallest absolute Gasteiger partial charge is 0.341 e. The number of aryl methyl sites for hydroxylation is 1. The number of nitrogens with zero attached hydrogens (tertiary/aromatic N) is 2. The maximum Gasteiger partial charge on any atom is 0.341 e. The summed E-state index contributed by atoms with van der Waals surface area (Å²) in [4.78, 5) is 11.1. The van der Waals surface area contributed by atoms with Gasteiger partial charge in [-0.3, -0.25) is 0 Å². The SMILES string of the molecule is Cc1nn2c(c1C(=O)O)NCCC2(C)C. The van der Waals surface area contributed by atoms with Crippen molar-refractivity contribution < 1.29 is 9.90 Å². The summed E-state index contributed by atoms with van der Waals surface area (Å²) >= 11 is 0. The molecule has 2 heterocycles. The zero-order valence-corrected chi connectivity index (χ0v) is 9.16. The molecule has 0 aromatic carbocycles.